The molecule has 1 aromatic carbocycles. The highest BCUT2D eigenvalue weighted by molar-refractivity contribution is 7.99. The zero-order valence-corrected chi connectivity index (χ0v) is 8.54. The summed E-state index contributed by atoms with van der Waals surface area (Å²) in [4.78, 5) is 5.11. The van der Waals surface area contributed by atoms with E-state index in [1.54, 1.807) is 12.5 Å². The fourth-order valence-corrected chi connectivity index (χ4v) is 1.91. The minimum atomic E-state index is 0.638. The Morgan fingerprint density at radius 2 is 2.29 bits per heavy atom. The van der Waals surface area contributed by atoms with Crippen LogP contribution >= 0.6 is 11.8 Å². The van der Waals surface area contributed by atoms with E-state index >= 15 is 0 Å². The van der Waals surface area contributed by atoms with Crippen LogP contribution < -0.4 is 5.73 Å². The van der Waals surface area contributed by atoms with Crippen LogP contribution in [-0.2, 0) is 0 Å². The second-order valence-corrected chi connectivity index (χ2v) is 3.92. The van der Waals surface area contributed by atoms with E-state index in [9.17, 15) is 0 Å². The first-order chi connectivity index (χ1) is 6.75. The number of nitrogens with zero attached hydrogens (tertiary/aromatic N) is 1. The maximum Gasteiger partial charge on any atom is 0.260 e. The number of nitrogen functional groups attached to an aromatic ring is 1. The summed E-state index contributed by atoms with van der Waals surface area (Å²) in [7, 11) is 0. The van der Waals surface area contributed by atoms with Gasteiger partial charge in [0.15, 0.2) is 0 Å². The molecule has 0 radical (unpaired) electrons. The van der Waals surface area contributed by atoms with Crippen LogP contribution in [0.3, 0.4) is 0 Å². The van der Waals surface area contributed by atoms with E-state index in [2.05, 4.69) is 4.98 Å². The van der Waals surface area contributed by atoms with Crippen LogP contribution in [0.2, 0.25) is 0 Å². The Balaban J connectivity index is 2.28. The van der Waals surface area contributed by atoms with E-state index in [1.807, 2.05) is 25.1 Å². The van der Waals surface area contributed by atoms with Gasteiger partial charge in [-0.15, -0.1) is 0 Å². The number of rotatable bonds is 2. The third-order valence-corrected chi connectivity index (χ3v) is 2.86. The number of aryl methyl sites for hydroxylation is 1. The number of aromatic nitrogens is 1. The minimum absolute atomic E-state index is 0.638. The fourth-order valence-electron chi connectivity index (χ4n) is 1.08. The van der Waals surface area contributed by atoms with Gasteiger partial charge in [-0.2, -0.15) is 0 Å². The van der Waals surface area contributed by atoms with Crippen molar-refractivity contribution in [3.05, 3.63) is 36.2 Å². The molecule has 2 N–H and O–H groups in total. The van der Waals surface area contributed by atoms with Gasteiger partial charge in [-0.05, 0) is 36.4 Å². The number of nitrogens with two attached hydrogens (primary N) is 1. The van der Waals surface area contributed by atoms with E-state index in [-0.39, 0.29) is 0 Å². The summed E-state index contributed by atoms with van der Waals surface area (Å²) < 4.78 is 5.14. The Hall–Kier alpha value is -1.42. The van der Waals surface area contributed by atoms with Crippen LogP contribution in [-0.4, -0.2) is 4.98 Å². The molecular formula is C10H10N2OS. The van der Waals surface area contributed by atoms with Gasteiger partial charge in [-0.25, -0.2) is 4.98 Å². The lowest BCUT2D eigenvalue weighted by Gasteiger charge is -2.03. The van der Waals surface area contributed by atoms with Gasteiger partial charge >= 0.3 is 0 Å². The Morgan fingerprint density at radius 3 is 3.00 bits per heavy atom. The second kappa shape index (κ2) is 3.75. The van der Waals surface area contributed by atoms with Gasteiger partial charge in [0.2, 0.25) is 0 Å². The molecule has 1 heterocycles. The number of hydrogen-bond donors (Lipinski definition) is 1. The lowest BCUT2D eigenvalue weighted by molar-refractivity contribution is 0.454. The third-order valence-electron chi connectivity index (χ3n) is 1.82. The van der Waals surface area contributed by atoms with Crippen LogP contribution in [0.1, 0.15) is 5.56 Å². The number of anilines is 1. The highest BCUT2D eigenvalue weighted by Crippen LogP contribution is 2.30. The van der Waals surface area contributed by atoms with Crippen molar-refractivity contribution in [3.63, 3.8) is 0 Å². The molecule has 0 atom stereocenters. The molecular weight excluding hydrogens is 196 g/mol. The molecule has 0 saturated carbocycles. The zero-order chi connectivity index (χ0) is 9.97. The molecule has 0 spiro atoms. The van der Waals surface area contributed by atoms with Crippen LogP contribution in [0.5, 0.6) is 0 Å². The molecule has 0 bridgehead atoms. The normalized spacial score (nSPS) is 10.4. The zero-order valence-electron chi connectivity index (χ0n) is 7.73. The van der Waals surface area contributed by atoms with E-state index in [1.165, 1.54) is 17.3 Å². The lowest BCUT2D eigenvalue weighted by atomic mass is 10.2. The van der Waals surface area contributed by atoms with Crippen molar-refractivity contribution < 1.29 is 4.42 Å². The molecule has 0 saturated heterocycles. The van der Waals surface area contributed by atoms with Gasteiger partial charge in [0, 0.05) is 10.6 Å². The van der Waals surface area contributed by atoms with E-state index in [4.69, 9.17) is 10.2 Å². The monoisotopic (exact) mass is 206 g/mol. The lowest BCUT2D eigenvalue weighted by Crippen LogP contribution is -1.86. The SMILES string of the molecule is Cc1ccc(N)cc1Sc1ncco1. The highest BCUT2D eigenvalue weighted by Gasteiger charge is 2.04. The first-order valence-corrected chi connectivity index (χ1v) is 5.01. The van der Waals surface area contributed by atoms with Crippen molar-refractivity contribution in [2.24, 2.45) is 0 Å². The molecule has 72 valence electrons. The van der Waals surface area contributed by atoms with E-state index in [0.717, 1.165) is 10.6 Å². The molecule has 2 aromatic rings. The Kier molecular flexibility index (Phi) is 2.45. The predicted octanol–water partition coefficient (Wildman–Crippen LogP) is 2.72. The predicted molar refractivity (Wildman–Crippen MR) is 56.2 cm³/mol. The molecule has 14 heavy (non-hydrogen) atoms. The third kappa shape index (κ3) is 1.90. The van der Waals surface area contributed by atoms with Crippen LogP contribution in [0.25, 0.3) is 0 Å². The van der Waals surface area contributed by atoms with Crippen LogP contribution in [0.4, 0.5) is 5.69 Å². The maximum absolute atomic E-state index is 5.69. The Morgan fingerprint density at radius 1 is 1.43 bits per heavy atom. The first kappa shape index (κ1) is 9.15. The van der Waals surface area contributed by atoms with Crippen molar-refractivity contribution in [3.8, 4) is 0 Å². The van der Waals surface area contributed by atoms with E-state index in [0.29, 0.717) is 5.22 Å². The van der Waals surface area contributed by atoms with E-state index < -0.39 is 0 Å². The largest absolute Gasteiger partial charge is 0.440 e. The quantitative estimate of drug-likeness (QED) is 0.767. The van der Waals surface area contributed by atoms with Crippen LogP contribution in [0.15, 0.2) is 45.2 Å². The van der Waals surface area contributed by atoms with Crippen molar-refractivity contribution >= 4 is 17.4 Å². The summed E-state index contributed by atoms with van der Waals surface area (Å²) in [6.07, 6.45) is 3.19. The summed E-state index contributed by atoms with van der Waals surface area (Å²) in [6, 6.07) is 5.79. The molecule has 0 aliphatic heterocycles. The first-order valence-electron chi connectivity index (χ1n) is 4.19. The summed E-state index contributed by atoms with van der Waals surface area (Å²) in [5, 5.41) is 0.638. The molecule has 0 unspecified atom stereocenters. The topological polar surface area (TPSA) is 52.0 Å². The van der Waals surface area contributed by atoms with Gasteiger partial charge in [0.1, 0.15) is 6.26 Å². The summed E-state index contributed by atoms with van der Waals surface area (Å²) in [6.45, 7) is 2.03. The van der Waals surface area contributed by atoms with Crippen molar-refractivity contribution in [2.75, 3.05) is 5.73 Å². The highest BCUT2D eigenvalue weighted by atomic mass is 32.2. The number of oxazole rings is 1. The van der Waals surface area contributed by atoms with Gasteiger partial charge in [0.25, 0.3) is 5.22 Å². The maximum atomic E-state index is 5.69. The van der Waals surface area contributed by atoms with Gasteiger partial charge < -0.3 is 10.2 Å². The Labute approximate surface area is 86.3 Å². The number of hydrogen-bond acceptors (Lipinski definition) is 4. The fraction of sp³-hybridized carbons (Fsp3) is 0.100. The molecule has 0 aliphatic rings. The average Bonchev–Trinajstić information content (AvgIpc) is 2.64. The molecule has 4 heteroatoms. The van der Waals surface area contributed by atoms with Crippen molar-refractivity contribution in [1.82, 2.24) is 4.98 Å². The van der Waals surface area contributed by atoms with Gasteiger partial charge in [0.05, 0.1) is 6.20 Å². The molecule has 0 amide bonds. The van der Waals surface area contributed by atoms with Gasteiger partial charge in [-0.3, -0.25) is 0 Å². The van der Waals surface area contributed by atoms with Crippen molar-refractivity contribution in [1.29, 1.82) is 0 Å². The molecule has 2 rings (SSSR count). The van der Waals surface area contributed by atoms with Crippen molar-refractivity contribution in [2.45, 2.75) is 17.0 Å². The smallest absolute Gasteiger partial charge is 0.260 e. The number of benzene rings is 1. The van der Waals surface area contributed by atoms with Crippen LogP contribution in [0, 0.1) is 6.92 Å². The molecule has 0 fully saturated rings. The summed E-state index contributed by atoms with van der Waals surface area (Å²) in [5.41, 5.74) is 7.62. The summed E-state index contributed by atoms with van der Waals surface area (Å²) in [5.74, 6) is 0. The second-order valence-electron chi connectivity index (χ2n) is 2.93. The molecule has 3 nitrogen and oxygen atoms in total. The summed E-state index contributed by atoms with van der Waals surface area (Å²) >= 11 is 1.48. The minimum Gasteiger partial charge on any atom is -0.440 e. The van der Waals surface area contributed by atoms with Gasteiger partial charge in [-0.1, -0.05) is 6.07 Å². The average molecular weight is 206 g/mol. The molecule has 1 aromatic heterocycles. The molecule has 0 aliphatic carbocycles. The standard InChI is InChI=1S/C10H10N2OS/c1-7-2-3-8(11)6-9(7)14-10-12-4-5-13-10/h2-6H,11H2,1H3. The Bertz CT molecular complexity index is 426.